The summed E-state index contributed by atoms with van der Waals surface area (Å²) in [6.45, 7) is 0.0208. The summed E-state index contributed by atoms with van der Waals surface area (Å²) in [6.07, 6.45) is 2.17. The average molecular weight is 478 g/mol. The zero-order valence-electron chi connectivity index (χ0n) is 17.0. The monoisotopic (exact) mass is 477 g/mol. The van der Waals surface area contributed by atoms with E-state index in [1.807, 2.05) is 0 Å². The lowest BCUT2D eigenvalue weighted by atomic mass is 10.1. The number of rotatable bonds is 7. The number of hydrogen-bond acceptors (Lipinski definition) is 7. The minimum Gasteiger partial charge on any atom is -0.473 e. The highest BCUT2D eigenvalue weighted by Crippen LogP contribution is 2.42. The van der Waals surface area contributed by atoms with Gasteiger partial charge in [-0.3, -0.25) is 9.59 Å². The Balaban J connectivity index is 1.60. The Morgan fingerprint density at radius 1 is 1.31 bits per heavy atom. The molecule has 0 atom stereocenters. The van der Waals surface area contributed by atoms with Crippen LogP contribution in [0.15, 0.2) is 41.3 Å². The van der Waals surface area contributed by atoms with Gasteiger partial charge in [0.25, 0.3) is 17.3 Å². The fourth-order valence-corrected chi connectivity index (χ4v) is 4.33. The molecule has 0 saturated heterocycles. The lowest BCUT2D eigenvalue weighted by Crippen LogP contribution is -2.36. The van der Waals surface area contributed by atoms with Crippen LogP contribution in [-0.4, -0.2) is 40.4 Å². The molecule has 12 heteroatoms. The largest absolute Gasteiger partial charge is 0.473 e. The minimum absolute atomic E-state index is 0.00912. The maximum absolute atomic E-state index is 12.9. The first-order valence-corrected chi connectivity index (χ1v) is 11.6. The van der Waals surface area contributed by atoms with Crippen LogP contribution in [0, 0.1) is 0 Å². The van der Waals surface area contributed by atoms with Crippen LogP contribution in [0.3, 0.4) is 0 Å². The predicted molar refractivity (Wildman–Crippen MR) is 118 cm³/mol. The molecular formula is C20H20ClN5O5S. The molecule has 168 valence electrons. The number of amides is 1. The first-order valence-electron chi connectivity index (χ1n) is 9.64. The van der Waals surface area contributed by atoms with Crippen LogP contribution in [0.5, 0.6) is 5.88 Å². The number of carbonyl (C=O) groups is 1. The number of aromatic nitrogens is 3. The van der Waals surface area contributed by atoms with Gasteiger partial charge in [0.05, 0.1) is 6.20 Å². The number of halogens is 1. The second kappa shape index (κ2) is 8.15. The van der Waals surface area contributed by atoms with Crippen molar-refractivity contribution in [3.05, 3.63) is 63.0 Å². The van der Waals surface area contributed by atoms with E-state index in [-0.39, 0.29) is 24.6 Å². The molecule has 32 heavy (non-hydrogen) atoms. The smallest absolute Gasteiger partial charge is 0.263 e. The van der Waals surface area contributed by atoms with Crippen molar-refractivity contribution in [2.45, 2.75) is 24.1 Å². The van der Waals surface area contributed by atoms with Crippen molar-refractivity contribution in [3.63, 3.8) is 0 Å². The molecule has 1 saturated carbocycles. The van der Waals surface area contributed by atoms with Gasteiger partial charge in [0.1, 0.15) is 22.4 Å². The molecule has 4 rings (SSSR count). The standard InChI is InChI=1S/C20H20ClN5O5S/c1-26-16-13(10-24-25-18(16)31-11-20(6-7-20)32(22,29)30)8-15(19(26)28)17(27)23-9-12-2-4-14(21)5-3-12/h2-5,8,10H,6-7,9,11H2,1H3,(H,23,27)(H2,22,29,30). The van der Waals surface area contributed by atoms with Gasteiger partial charge in [-0.05, 0) is 36.6 Å². The quantitative estimate of drug-likeness (QED) is 0.518. The number of aryl methyl sites for hydroxylation is 1. The van der Waals surface area contributed by atoms with E-state index in [1.54, 1.807) is 24.3 Å². The Bertz CT molecular complexity index is 1370. The zero-order valence-corrected chi connectivity index (χ0v) is 18.6. The third-order valence-electron chi connectivity index (χ3n) is 5.49. The van der Waals surface area contributed by atoms with Gasteiger partial charge in [0.15, 0.2) is 0 Å². The van der Waals surface area contributed by atoms with Gasteiger partial charge in [0.2, 0.25) is 10.0 Å². The molecule has 1 aliphatic rings. The van der Waals surface area contributed by atoms with E-state index in [2.05, 4.69) is 15.5 Å². The summed E-state index contributed by atoms with van der Waals surface area (Å²) in [5, 5.41) is 16.8. The van der Waals surface area contributed by atoms with E-state index < -0.39 is 26.2 Å². The number of hydrogen-bond donors (Lipinski definition) is 2. The van der Waals surface area contributed by atoms with Gasteiger partial charge in [-0.25, -0.2) is 13.6 Å². The van der Waals surface area contributed by atoms with Crippen LogP contribution in [0.2, 0.25) is 5.02 Å². The third kappa shape index (κ3) is 4.18. The van der Waals surface area contributed by atoms with Crippen molar-refractivity contribution < 1.29 is 17.9 Å². The molecule has 2 aromatic heterocycles. The van der Waals surface area contributed by atoms with Crippen molar-refractivity contribution in [1.82, 2.24) is 20.1 Å². The molecule has 1 aromatic carbocycles. The fourth-order valence-electron chi connectivity index (χ4n) is 3.31. The van der Waals surface area contributed by atoms with Crippen molar-refractivity contribution in [1.29, 1.82) is 0 Å². The third-order valence-corrected chi connectivity index (χ3v) is 7.47. The fraction of sp³-hybridized carbons (Fsp3) is 0.300. The molecule has 3 N–H and O–H groups in total. The maximum Gasteiger partial charge on any atom is 0.263 e. The van der Waals surface area contributed by atoms with Gasteiger partial charge >= 0.3 is 0 Å². The summed E-state index contributed by atoms with van der Waals surface area (Å²) in [6, 6.07) is 8.37. The van der Waals surface area contributed by atoms with Crippen LogP contribution in [0.4, 0.5) is 0 Å². The SMILES string of the molecule is Cn1c(=O)c(C(=O)NCc2ccc(Cl)cc2)cc2cnnc(OCC3(S(N)(=O)=O)CC3)c21. The normalized spacial score (nSPS) is 14.8. The number of fused-ring (bicyclic) bond motifs is 1. The van der Waals surface area contributed by atoms with E-state index in [0.717, 1.165) is 5.56 Å². The molecule has 0 radical (unpaired) electrons. The molecule has 10 nitrogen and oxygen atoms in total. The highest BCUT2D eigenvalue weighted by molar-refractivity contribution is 7.90. The van der Waals surface area contributed by atoms with E-state index in [1.165, 1.54) is 23.9 Å². The summed E-state index contributed by atoms with van der Waals surface area (Å²) in [7, 11) is -2.31. The first-order chi connectivity index (χ1) is 15.1. The number of primary sulfonamides is 1. The van der Waals surface area contributed by atoms with Crippen molar-refractivity contribution in [3.8, 4) is 5.88 Å². The second-order valence-corrected chi connectivity index (χ2v) is 10.1. The Kier molecular flexibility index (Phi) is 5.65. The van der Waals surface area contributed by atoms with Crippen LogP contribution >= 0.6 is 11.6 Å². The number of nitrogens with one attached hydrogen (secondary N) is 1. The average Bonchev–Trinajstić information content (AvgIpc) is 3.55. The summed E-state index contributed by atoms with van der Waals surface area (Å²) in [4.78, 5) is 25.5. The van der Waals surface area contributed by atoms with Crippen LogP contribution in [0.1, 0.15) is 28.8 Å². The molecule has 0 unspecified atom stereocenters. The lowest BCUT2D eigenvalue weighted by Gasteiger charge is -2.15. The minimum atomic E-state index is -3.78. The summed E-state index contributed by atoms with van der Waals surface area (Å²) >= 11 is 5.86. The van der Waals surface area contributed by atoms with Gasteiger partial charge < -0.3 is 14.6 Å². The summed E-state index contributed by atoms with van der Waals surface area (Å²) in [5.74, 6) is -0.557. The molecule has 1 fully saturated rings. The lowest BCUT2D eigenvalue weighted by molar-refractivity contribution is 0.0949. The Morgan fingerprint density at radius 3 is 2.62 bits per heavy atom. The zero-order chi connectivity index (χ0) is 23.1. The molecule has 1 amide bonds. The number of ether oxygens (including phenoxy) is 1. The molecule has 3 aromatic rings. The highest BCUT2D eigenvalue weighted by atomic mass is 35.5. The number of carbonyl (C=O) groups excluding carboxylic acids is 1. The van der Waals surface area contributed by atoms with Crippen LogP contribution in [-0.2, 0) is 23.6 Å². The maximum atomic E-state index is 12.9. The second-order valence-electron chi connectivity index (χ2n) is 7.70. The molecular weight excluding hydrogens is 458 g/mol. The molecule has 2 heterocycles. The van der Waals surface area contributed by atoms with Gasteiger partial charge in [-0.2, -0.15) is 5.10 Å². The van der Waals surface area contributed by atoms with Crippen molar-refractivity contribution in [2.24, 2.45) is 12.2 Å². The first kappa shape index (κ1) is 22.2. The van der Waals surface area contributed by atoms with E-state index in [9.17, 15) is 18.0 Å². The topological polar surface area (TPSA) is 146 Å². The Morgan fingerprint density at radius 2 is 2.00 bits per heavy atom. The van der Waals surface area contributed by atoms with Crippen molar-refractivity contribution in [2.75, 3.05) is 6.61 Å². The Hall–Kier alpha value is -3.02. The molecule has 1 aliphatic carbocycles. The van der Waals surface area contributed by atoms with Crippen molar-refractivity contribution >= 4 is 38.4 Å². The molecule has 0 bridgehead atoms. The number of benzene rings is 1. The van der Waals surface area contributed by atoms with Gasteiger partial charge in [0, 0.05) is 24.0 Å². The Labute approximate surface area is 188 Å². The van der Waals surface area contributed by atoms with E-state index in [4.69, 9.17) is 21.5 Å². The van der Waals surface area contributed by atoms with Crippen LogP contribution in [0.25, 0.3) is 10.9 Å². The summed E-state index contributed by atoms with van der Waals surface area (Å²) in [5.41, 5.74) is 0.489. The van der Waals surface area contributed by atoms with E-state index >= 15 is 0 Å². The van der Waals surface area contributed by atoms with Gasteiger partial charge in [-0.15, -0.1) is 5.10 Å². The highest BCUT2D eigenvalue weighted by Gasteiger charge is 2.54. The number of pyridine rings is 1. The number of nitrogens with two attached hydrogens (primary N) is 1. The summed E-state index contributed by atoms with van der Waals surface area (Å²) < 4.78 is 29.3. The number of nitrogens with zero attached hydrogens (tertiary/aromatic N) is 3. The van der Waals surface area contributed by atoms with Crippen LogP contribution < -0.4 is 20.8 Å². The van der Waals surface area contributed by atoms with E-state index in [0.29, 0.717) is 28.8 Å². The molecule has 0 aliphatic heterocycles. The predicted octanol–water partition coefficient (Wildman–Crippen LogP) is 1.11. The molecule has 0 spiro atoms. The van der Waals surface area contributed by atoms with Gasteiger partial charge in [-0.1, -0.05) is 23.7 Å². The number of sulfonamides is 1.